The lowest BCUT2D eigenvalue weighted by Crippen LogP contribution is -2.47. The van der Waals surface area contributed by atoms with Crippen LogP contribution in [0.3, 0.4) is 0 Å². The average molecular weight is 280 g/mol. The number of aliphatic carboxylic acids is 1. The van der Waals surface area contributed by atoms with Crippen molar-refractivity contribution in [2.24, 2.45) is 5.73 Å². The number of nitrogens with two attached hydrogens (primary N) is 1. The number of hydrogen-bond donors (Lipinski definition) is 3. The summed E-state index contributed by atoms with van der Waals surface area (Å²) in [5.74, 6) is -0.692. The fraction of sp³-hybridized carbons (Fsp3) is 0.429. The van der Waals surface area contributed by atoms with Crippen molar-refractivity contribution in [2.45, 2.75) is 31.7 Å². The first-order valence-corrected chi connectivity index (χ1v) is 6.31. The van der Waals surface area contributed by atoms with Crippen molar-refractivity contribution in [3.63, 3.8) is 0 Å². The van der Waals surface area contributed by atoms with Crippen LogP contribution in [0.1, 0.15) is 26.2 Å². The number of amides is 1. The van der Waals surface area contributed by atoms with E-state index in [0.29, 0.717) is 18.6 Å². The first-order chi connectivity index (χ1) is 9.37. The van der Waals surface area contributed by atoms with Crippen molar-refractivity contribution in [1.29, 1.82) is 0 Å². The molecule has 0 aliphatic carbocycles. The number of primary amides is 1. The highest BCUT2D eigenvalue weighted by molar-refractivity contribution is 5.87. The Kier molecular flexibility index (Phi) is 5.37. The molecule has 1 aromatic rings. The van der Waals surface area contributed by atoms with E-state index in [2.05, 4.69) is 5.32 Å². The molecule has 1 atom stereocenters. The molecule has 0 spiro atoms. The summed E-state index contributed by atoms with van der Waals surface area (Å²) in [5, 5.41) is 11.7. The van der Waals surface area contributed by atoms with Crippen LogP contribution in [0.5, 0.6) is 5.75 Å². The number of carbonyl (C=O) groups is 2. The molecule has 1 rings (SSSR count). The average Bonchev–Trinajstić information content (AvgIpc) is 2.39. The maximum atomic E-state index is 11.6. The van der Waals surface area contributed by atoms with Gasteiger partial charge in [0.2, 0.25) is 5.91 Å². The van der Waals surface area contributed by atoms with Gasteiger partial charge in [-0.2, -0.15) is 0 Å². The van der Waals surface area contributed by atoms with Crippen LogP contribution in [0.25, 0.3) is 0 Å². The van der Waals surface area contributed by atoms with Crippen LogP contribution >= 0.6 is 0 Å². The minimum atomic E-state index is -0.982. The zero-order valence-electron chi connectivity index (χ0n) is 11.7. The number of benzene rings is 1. The molecular weight excluding hydrogens is 260 g/mol. The smallest absolute Gasteiger partial charge is 0.303 e. The molecule has 0 saturated heterocycles. The van der Waals surface area contributed by atoms with Gasteiger partial charge in [-0.05, 0) is 44.0 Å². The highest BCUT2D eigenvalue weighted by atomic mass is 16.5. The first kappa shape index (κ1) is 15.8. The molecule has 110 valence electrons. The molecule has 0 aromatic heterocycles. The number of methoxy groups -OCH3 is 1. The lowest BCUT2D eigenvalue weighted by Gasteiger charge is -2.28. The van der Waals surface area contributed by atoms with E-state index in [9.17, 15) is 9.59 Å². The van der Waals surface area contributed by atoms with E-state index in [1.54, 1.807) is 38.3 Å². The third-order valence-corrected chi connectivity index (χ3v) is 3.12. The van der Waals surface area contributed by atoms with Crippen molar-refractivity contribution in [3.8, 4) is 5.75 Å². The number of carboxylic acids is 1. The van der Waals surface area contributed by atoms with Crippen LogP contribution in [0.4, 0.5) is 5.69 Å². The van der Waals surface area contributed by atoms with Gasteiger partial charge >= 0.3 is 5.97 Å². The monoisotopic (exact) mass is 280 g/mol. The van der Waals surface area contributed by atoms with Gasteiger partial charge in [0.15, 0.2) is 0 Å². The number of nitrogens with one attached hydrogen (secondary N) is 1. The van der Waals surface area contributed by atoms with Crippen LogP contribution in [0, 0.1) is 0 Å². The van der Waals surface area contributed by atoms with E-state index in [-0.39, 0.29) is 6.42 Å². The molecule has 0 radical (unpaired) electrons. The van der Waals surface area contributed by atoms with Crippen LogP contribution in [0.2, 0.25) is 0 Å². The van der Waals surface area contributed by atoms with Crippen LogP contribution in [-0.2, 0) is 9.59 Å². The molecule has 4 N–H and O–H groups in total. The highest BCUT2D eigenvalue weighted by Gasteiger charge is 2.30. The van der Waals surface area contributed by atoms with Crippen molar-refractivity contribution < 1.29 is 19.4 Å². The van der Waals surface area contributed by atoms with Gasteiger partial charge in [0.1, 0.15) is 11.3 Å². The van der Waals surface area contributed by atoms with Gasteiger partial charge in [-0.1, -0.05) is 0 Å². The number of rotatable bonds is 8. The van der Waals surface area contributed by atoms with E-state index < -0.39 is 17.4 Å². The van der Waals surface area contributed by atoms with Crippen molar-refractivity contribution in [3.05, 3.63) is 24.3 Å². The predicted molar refractivity (Wildman–Crippen MR) is 75.7 cm³/mol. The predicted octanol–water partition coefficient (Wildman–Crippen LogP) is 1.61. The molecule has 20 heavy (non-hydrogen) atoms. The Hall–Kier alpha value is -2.24. The summed E-state index contributed by atoms with van der Waals surface area (Å²) in [6.07, 6.45) is 0.728. The summed E-state index contributed by atoms with van der Waals surface area (Å²) >= 11 is 0. The Morgan fingerprint density at radius 2 is 1.95 bits per heavy atom. The molecule has 0 heterocycles. The molecule has 0 aliphatic heterocycles. The lowest BCUT2D eigenvalue weighted by molar-refractivity contribution is -0.137. The second kappa shape index (κ2) is 6.79. The fourth-order valence-electron chi connectivity index (χ4n) is 1.83. The second-order valence-electron chi connectivity index (χ2n) is 4.80. The maximum Gasteiger partial charge on any atom is 0.303 e. The summed E-state index contributed by atoms with van der Waals surface area (Å²) in [6.45, 7) is 1.67. The second-order valence-corrected chi connectivity index (χ2v) is 4.80. The molecule has 6 nitrogen and oxygen atoms in total. The Morgan fingerprint density at radius 3 is 2.40 bits per heavy atom. The zero-order chi connectivity index (χ0) is 15.2. The van der Waals surface area contributed by atoms with Gasteiger partial charge in [-0.25, -0.2) is 0 Å². The van der Waals surface area contributed by atoms with Crippen LogP contribution in [-0.4, -0.2) is 29.6 Å². The third-order valence-electron chi connectivity index (χ3n) is 3.12. The summed E-state index contributed by atoms with van der Waals surface area (Å²) in [7, 11) is 1.57. The molecule has 1 amide bonds. The first-order valence-electron chi connectivity index (χ1n) is 6.31. The van der Waals surface area contributed by atoms with Crippen LogP contribution in [0.15, 0.2) is 24.3 Å². The SMILES string of the molecule is COc1ccc(NC(C)(CCCC(=O)O)C(N)=O)cc1. The van der Waals surface area contributed by atoms with Gasteiger partial charge in [0, 0.05) is 12.1 Å². The molecule has 0 saturated carbocycles. The number of ether oxygens (including phenoxy) is 1. The number of carbonyl (C=O) groups excluding carboxylic acids is 1. The minimum Gasteiger partial charge on any atom is -0.497 e. The largest absolute Gasteiger partial charge is 0.497 e. The normalized spacial score (nSPS) is 13.3. The highest BCUT2D eigenvalue weighted by Crippen LogP contribution is 2.22. The van der Waals surface area contributed by atoms with Gasteiger partial charge in [0.25, 0.3) is 0 Å². The Labute approximate surface area is 117 Å². The minimum absolute atomic E-state index is 0.00711. The van der Waals surface area contributed by atoms with E-state index in [0.717, 1.165) is 5.69 Å². The topological polar surface area (TPSA) is 102 Å². The van der Waals surface area contributed by atoms with Crippen molar-refractivity contribution in [2.75, 3.05) is 12.4 Å². The maximum absolute atomic E-state index is 11.6. The molecule has 0 aliphatic rings. The van der Waals surface area contributed by atoms with Crippen molar-refractivity contribution >= 4 is 17.6 Å². The standard InChI is InChI=1S/C14H20N2O4/c1-14(13(15)19,9-3-4-12(17)18)16-10-5-7-11(20-2)8-6-10/h5-8,16H,3-4,9H2,1-2H3,(H2,15,19)(H,17,18). The van der Waals surface area contributed by atoms with Crippen LogP contribution < -0.4 is 15.8 Å². The Balaban J connectivity index is 2.74. The molecule has 0 bridgehead atoms. The number of anilines is 1. The van der Waals surface area contributed by atoms with Gasteiger partial charge < -0.3 is 20.9 Å². The van der Waals surface area contributed by atoms with Crippen molar-refractivity contribution in [1.82, 2.24) is 0 Å². The van der Waals surface area contributed by atoms with Gasteiger partial charge in [0.05, 0.1) is 7.11 Å². The van der Waals surface area contributed by atoms with E-state index in [1.807, 2.05) is 0 Å². The fourth-order valence-corrected chi connectivity index (χ4v) is 1.83. The molecule has 1 unspecified atom stereocenters. The molecule has 0 fully saturated rings. The lowest BCUT2D eigenvalue weighted by atomic mass is 9.93. The Bertz CT molecular complexity index is 473. The zero-order valence-corrected chi connectivity index (χ0v) is 11.7. The van der Waals surface area contributed by atoms with Gasteiger partial charge in [-0.3, -0.25) is 9.59 Å². The van der Waals surface area contributed by atoms with E-state index in [1.165, 1.54) is 0 Å². The van der Waals surface area contributed by atoms with E-state index >= 15 is 0 Å². The number of hydrogen-bond acceptors (Lipinski definition) is 4. The third kappa shape index (κ3) is 4.46. The van der Waals surface area contributed by atoms with E-state index in [4.69, 9.17) is 15.6 Å². The quantitative estimate of drug-likeness (QED) is 0.671. The van der Waals surface area contributed by atoms with Gasteiger partial charge in [-0.15, -0.1) is 0 Å². The summed E-state index contributed by atoms with van der Waals surface area (Å²) in [6, 6.07) is 7.08. The molecular formula is C14H20N2O4. The summed E-state index contributed by atoms with van der Waals surface area (Å²) < 4.78 is 5.05. The molecule has 6 heteroatoms. The molecule has 1 aromatic carbocycles. The Morgan fingerprint density at radius 1 is 1.35 bits per heavy atom. The number of carboxylic acid groups (broad SMARTS) is 1. The summed E-state index contributed by atoms with van der Waals surface area (Å²) in [4.78, 5) is 22.1. The summed E-state index contributed by atoms with van der Waals surface area (Å²) in [5.41, 5.74) is 5.16.